The lowest BCUT2D eigenvalue weighted by molar-refractivity contribution is 0.0946. The Morgan fingerprint density at radius 2 is 2.31 bits per heavy atom. The second-order valence-electron chi connectivity index (χ2n) is 4.17. The van der Waals surface area contributed by atoms with Crippen LogP contribution >= 0.6 is 23.2 Å². The van der Waals surface area contributed by atoms with E-state index in [0.717, 1.165) is 12.8 Å². The molecule has 0 spiro atoms. The number of pyridine rings is 1. The van der Waals surface area contributed by atoms with Gasteiger partial charge in [0.05, 0.1) is 10.6 Å². The molecule has 1 aromatic heterocycles. The van der Waals surface area contributed by atoms with Crippen LogP contribution in [0.1, 0.15) is 23.2 Å². The molecule has 1 fully saturated rings. The van der Waals surface area contributed by atoms with E-state index in [-0.39, 0.29) is 11.3 Å². The summed E-state index contributed by atoms with van der Waals surface area (Å²) >= 11 is 11.7. The first kappa shape index (κ1) is 11.7. The molecule has 5 heteroatoms. The Morgan fingerprint density at radius 1 is 1.56 bits per heavy atom. The number of halogens is 2. The highest BCUT2D eigenvalue weighted by molar-refractivity contribution is 6.33. The van der Waals surface area contributed by atoms with Gasteiger partial charge in [0.25, 0.3) is 5.91 Å². The van der Waals surface area contributed by atoms with Crippen LogP contribution in [0, 0.1) is 5.41 Å². The van der Waals surface area contributed by atoms with Gasteiger partial charge in [-0.15, -0.1) is 11.6 Å². The van der Waals surface area contributed by atoms with Crippen LogP contribution in [0.5, 0.6) is 0 Å². The quantitative estimate of drug-likeness (QED) is 0.844. The van der Waals surface area contributed by atoms with Crippen molar-refractivity contribution in [1.29, 1.82) is 0 Å². The number of nitrogens with zero attached hydrogens (tertiary/aromatic N) is 1. The van der Waals surface area contributed by atoms with Crippen LogP contribution in [0.15, 0.2) is 18.5 Å². The van der Waals surface area contributed by atoms with E-state index >= 15 is 0 Å². The van der Waals surface area contributed by atoms with Crippen LogP contribution in [0.2, 0.25) is 5.02 Å². The van der Waals surface area contributed by atoms with Gasteiger partial charge in [0, 0.05) is 30.2 Å². The van der Waals surface area contributed by atoms with Crippen molar-refractivity contribution in [3.05, 3.63) is 29.0 Å². The number of aromatic nitrogens is 1. The average Bonchev–Trinajstić information content (AvgIpc) is 3.07. The fraction of sp³-hybridized carbons (Fsp3) is 0.455. The highest BCUT2D eigenvalue weighted by Crippen LogP contribution is 2.45. The lowest BCUT2D eigenvalue weighted by atomic mass is 10.1. The molecule has 1 aromatic rings. The summed E-state index contributed by atoms with van der Waals surface area (Å²) in [5.41, 5.74) is 0.582. The van der Waals surface area contributed by atoms with Crippen molar-refractivity contribution in [2.24, 2.45) is 5.41 Å². The van der Waals surface area contributed by atoms with Crippen LogP contribution in [0.3, 0.4) is 0 Å². The first-order valence-electron chi connectivity index (χ1n) is 5.11. The molecule has 1 heterocycles. The van der Waals surface area contributed by atoms with Gasteiger partial charge in [-0.1, -0.05) is 11.6 Å². The zero-order valence-electron chi connectivity index (χ0n) is 8.67. The number of amides is 1. The SMILES string of the molecule is O=C(NCC1(CCl)CC1)c1ccncc1Cl. The summed E-state index contributed by atoms with van der Waals surface area (Å²) in [6.07, 6.45) is 5.18. The second kappa shape index (κ2) is 4.60. The predicted molar refractivity (Wildman–Crippen MR) is 64.0 cm³/mol. The molecule has 0 aliphatic heterocycles. The molecule has 1 aliphatic rings. The summed E-state index contributed by atoms with van der Waals surface area (Å²) in [4.78, 5) is 15.6. The minimum Gasteiger partial charge on any atom is -0.351 e. The molecule has 0 radical (unpaired) electrons. The Bertz CT molecular complexity index is 405. The molecule has 1 amide bonds. The van der Waals surface area contributed by atoms with Crippen LogP contribution in [0.25, 0.3) is 0 Å². The van der Waals surface area contributed by atoms with Crippen LogP contribution in [-0.4, -0.2) is 23.3 Å². The lowest BCUT2D eigenvalue weighted by Crippen LogP contribution is -2.31. The first-order valence-corrected chi connectivity index (χ1v) is 6.02. The molecular weight excluding hydrogens is 247 g/mol. The maximum Gasteiger partial charge on any atom is 0.252 e. The highest BCUT2D eigenvalue weighted by atomic mass is 35.5. The fourth-order valence-electron chi connectivity index (χ4n) is 1.46. The number of carbonyl (C=O) groups is 1. The van der Waals surface area contributed by atoms with Gasteiger partial charge in [-0.3, -0.25) is 9.78 Å². The number of nitrogens with one attached hydrogen (secondary N) is 1. The van der Waals surface area contributed by atoms with E-state index < -0.39 is 0 Å². The normalized spacial score (nSPS) is 16.9. The molecule has 0 saturated heterocycles. The van der Waals surface area contributed by atoms with Gasteiger partial charge in [-0.05, 0) is 18.9 Å². The number of hydrogen-bond acceptors (Lipinski definition) is 2. The Balaban J connectivity index is 1.96. The van der Waals surface area contributed by atoms with Gasteiger partial charge in [-0.2, -0.15) is 0 Å². The number of carbonyl (C=O) groups excluding carboxylic acids is 1. The largest absolute Gasteiger partial charge is 0.351 e. The van der Waals surface area contributed by atoms with Gasteiger partial charge in [-0.25, -0.2) is 0 Å². The third kappa shape index (κ3) is 2.47. The van der Waals surface area contributed by atoms with E-state index in [1.165, 1.54) is 6.20 Å². The topological polar surface area (TPSA) is 42.0 Å². The van der Waals surface area contributed by atoms with Gasteiger partial charge >= 0.3 is 0 Å². The average molecular weight is 259 g/mol. The molecular formula is C11H12Cl2N2O. The first-order chi connectivity index (χ1) is 7.67. The minimum absolute atomic E-state index is 0.122. The molecule has 1 saturated carbocycles. The van der Waals surface area contributed by atoms with E-state index in [0.29, 0.717) is 23.0 Å². The Morgan fingerprint density at radius 3 is 2.88 bits per heavy atom. The van der Waals surface area contributed by atoms with E-state index in [2.05, 4.69) is 10.3 Å². The van der Waals surface area contributed by atoms with Crippen molar-refractivity contribution in [3.8, 4) is 0 Å². The molecule has 0 aromatic carbocycles. The third-order valence-corrected chi connectivity index (χ3v) is 3.75. The summed E-state index contributed by atoms with van der Waals surface area (Å²) in [5.74, 6) is 0.431. The van der Waals surface area contributed by atoms with E-state index in [1.807, 2.05) is 0 Å². The van der Waals surface area contributed by atoms with Crippen molar-refractivity contribution in [3.63, 3.8) is 0 Å². The van der Waals surface area contributed by atoms with Crippen LogP contribution in [0.4, 0.5) is 0 Å². The Kier molecular flexibility index (Phi) is 3.36. The smallest absolute Gasteiger partial charge is 0.252 e. The van der Waals surface area contributed by atoms with E-state index in [1.54, 1.807) is 12.3 Å². The monoisotopic (exact) mass is 258 g/mol. The molecule has 2 rings (SSSR count). The van der Waals surface area contributed by atoms with Crippen molar-refractivity contribution in [2.45, 2.75) is 12.8 Å². The van der Waals surface area contributed by atoms with Crippen molar-refractivity contribution in [1.82, 2.24) is 10.3 Å². The van der Waals surface area contributed by atoms with Crippen molar-refractivity contribution < 1.29 is 4.79 Å². The van der Waals surface area contributed by atoms with E-state index in [9.17, 15) is 4.79 Å². The molecule has 3 nitrogen and oxygen atoms in total. The predicted octanol–water partition coefficient (Wildman–Crippen LogP) is 2.48. The summed E-state index contributed by atoms with van der Waals surface area (Å²) in [5, 5.41) is 3.23. The van der Waals surface area contributed by atoms with Gasteiger partial charge in [0.15, 0.2) is 0 Å². The lowest BCUT2D eigenvalue weighted by Gasteiger charge is -2.12. The van der Waals surface area contributed by atoms with Crippen molar-refractivity contribution in [2.75, 3.05) is 12.4 Å². The number of alkyl halides is 1. The Hall–Kier alpha value is -0.800. The van der Waals surface area contributed by atoms with Crippen LogP contribution < -0.4 is 5.32 Å². The maximum absolute atomic E-state index is 11.8. The molecule has 86 valence electrons. The zero-order valence-corrected chi connectivity index (χ0v) is 10.2. The van der Waals surface area contributed by atoms with Gasteiger partial charge in [0.1, 0.15) is 0 Å². The number of rotatable bonds is 4. The van der Waals surface area contributed by atoms with Crippen molar-refractivity contribution >= 4 is 29.1 Å². The molecule has 1 aliphatic carbocycles. The Labute approximate surface area is 104 Å². The summed E-state index contributed by atoms with van der Waals surface area (Å²) in [7, 11) is 0. The molecule has 0 bridgehead atoms. The summed E-state index contributed by atoms with van der Waals surface area (Å²) in [6.45, 7) is 0.619. The molecule has 1 N–H and O–H groups in total. The van der Waals surface area contributed by atoms with Gasteiger partial charge < -0.3 is 5.32 Å². The van der Waals surface area contributed by atoms with Crippen LogP contribution in [-0.2, 0) is 0 Å². The summed E-state index contributed by atoms with van der Waals surface area (Å²) in [6, 6.07) is 1.61. The molecule has 0 atom stereocenters. The third-order valence-electron chi connectivity index (χ3n) is 2.88. The number of hydrogen-bond donors (Lipinski definition) is 1. The summed E-state index contributed by atoms with van der Waals surface area (Å²) < 4.78 is 0. The van der Waals surface area contributed by atoms with E-state index in [4.69, 9.17) is 23.2 Å². The minimum atomic E-state index is -0.163. The maximum atomic E-state index is 11.8. The fourth-order valence-corrected chi connectivity index (χ4v) is 2.02. The van der Waals surface area contributed by atoms with Gasteiger partial charge in [0.2, 0.25) is 0 Å². The molecule has 16 heavy (non-hydrogen) atoms. The second-order valence-corrected chi connectivity index (χ2v) is 4.85. The highest BCUT2D eigenvalue weighted by Gasteiger charge is 2.41. The zero-order chi connectivity index (χ0) is 11.6. The standard InChI is InChI=1S/C11H12Cl2N2O/c12-6-11(2-3-11)7-15-10(16)8-1-4-14-5-9(8)13/h1,4-5H,2-3,6-7H2,(H,15,16). The molecule has 0 unspecified atom stereocenters.